The highest BCUT2D eigenvalue weighted by molar-refractivity contribution is 6.34. The van der Waals surface area contributed by atoms with Gasteiger partial charge in [0.05, 0.1) is 6.04 Å². The van der Waals surface area contributed by atoms with E-state index in [9.17, 15) is 9.59 Å². The number of piperazine rings is 2. The molecule has 0 bridgehead atoms. The number of amides is 2. The second-order valence-electron chi connectivity index (χ2n) is 8.15. The Hall–Kier alpha value is -2.70. The fourth-order valence-corrected chi connectivity index (χ4v) is 4.35. The Morgan fingerprint density at radius 3 is 1.47 bits per heavy atom. The van der Waals surface area contributed by atoms with E-state index in [2.05, 4.69) is 58.3 Å². The molecule has 30 heavy (non-hydrogen) atoms. The van der Waals surface area contributed by atoms with Crippen molar-refractivity contribution in [2.24, 2.45) is 0 Å². The van der Waals surface area contributed by atoms with Gasteiger partial charge in [0.2, 0.25) is 0 Å². The van der Waals surface area contributed by atoms with E-state index in [-0.39, 0.29) is 17.9 Å². The average molecular weight is 407 g/mol. The van der Waals surface area contributed by atoms with Crippen molar-refractivity contribution >= 4 is 11.8 Å². The lowest BCUT2D eigenvalue weighted by Gasteiger charge is -2.40. The van der Waals surface area contributed by atoms with E-state index in [0.717, 1.165) is 26.2 Å². The molecule has 2 aliphatic heterocycles. The molecule has 0 saturated carbocycles. The zero-order chi connectivity index (χ0) is 20.9. The minimum absolute atomic E-state index is 0.151. The van der Waals surface area contributed by atoms with Gasteiger partial charge in [-0.25, -0.2) is 0 Å². The van der Waals surface area contributed by atoms with Gasteiger partial charge in [-0.1, -0.05) is 60.7 Å². The number of hydrogen-bond acceptors (Lipinski definition) is 4. The second-order valence-corrected chi connectivity index (χ2v) is 8.15. The molecule has 2 aliphatic rings. The number of benzene rings is 2. The summed E-state index contributed by atoms with van der Waals surface area (Å²) in [7, 11) is 2.04. The minimum atomic E-state index is -0.352. The molecule has 158 valence electrons. The maximum absolute atomic E-state index is 12.8. The molecular formula is C24H30N4O2. The van der Waals surface area contributed by atoms with Crippen LogP contribution in [0.2, 0.25) is 0 Å². The zero-order valence-electron chi connectivity index (χ0n) is 17.6. The van der Waals surface area contributed by atoms with Gasteiger partial charge >= 0.3 is 11.8 Å². The maximum atomic E-state index is 12.8. The van der Waals surface area contributed by atoms with Crippen molar-refractivity contribution in [1.29, 1.82) is 0 Å². The smallest absolute Gasteiger partial charge is 0.312 e. The molecule has 2 heterocycles. The van der Waals surface area contributed by atoms with Gasteiger partial charge in [0.15, 0.2) is 0 Å². The Morgan fingerprint density at radius 2 is 1.03 bits per heavy atom. The van der Waals surface area contributed by atoms with Crippen LogP contribution in [-0.2, 0) is 9.59 Å². The van der Waals surface area contributed by atoms with Gasteiger partial charge < -0.3 is 14.7 Å². The third kappa shape index (κ3) is 4.55. The third-order valence-electron chi connectivity index (χ3n) is 6.17. The second kappa shape index (κ2) is 9.41. The molecule has 2 saturated heterocycles. The van der Waals surface area contributed by atoms with Crippen molar-refractivity contribution in [2.45, 2.75) is 6.04 Å². The molecule has 0 aliphatic carbocycles. The maximum Gasteiger partial charge on any atom is 0.312 e. The first kappa shape index (κ1) is 20.6. The summed E-state index contributed by atoms with van der Waals surface area (Å²) < 4.78 is 0. The summed E-state index contributed by atoms with van der Waals surface area (Å²) in [5, 5.41) is 0. The highest BCUT2D eigenvalue weighted by atomic mass is 16.2. The Kier molecular flexibility index (Phi) is 6.45. The first-order valence-electron chi connectivity index (χ1n) is 10.7. The lowest BCUT2D eigenvalue weighted by molar-refractivity contribution is -0.153. The molecule has 2 amide bonds. The van der Waals surface area contributed by atoms with Crippen LogP contribution in [0.3, 0.4) is 0 Å². The van der Waals surface area contributed by atoms with E-state index in [4.69, 9.17) is 0 Å². The molecule has 4 rings (SSSR count). The Balaban J connectivity index is 1.42. The summed E-state index contributed by atoms with van der Waals surface area (Å²) in [5.41, 5.74) is 2.49. The summed E-state index contributed by atoms with van der Waals surface area (Å²) >= 11 is 0. The molecule has 6 heteroatoms. The van der Waals surface area contributed by atoms with E-state index >= 15 is 0 Å². The Labute approximate surface area is 178 Å². The number of hydrogen-bond donors (Lipinski definition) is 0. The van der Waals surface area contributed by atoms with Crippen LogP contribution in [0, 0.1) is 0 Å². The lowest BCUT2D eigenvalue weighted by Crippen LogP contribution is -2.56. The molecule has 0 atom stereocenters. The zero-order valence-corrected chi connectivity index (χ0v) is 17.6. The molecular weight excluding hydrogens is 376 g/mol. The van der Waals surface area contributed by atoms with Crippen molar-refractivity contribution in [2.75, 3.05) is 59.4 Å². The van der Waals surface area contributed by atoms with E-state index in [0.29, 0.717) is 26.2 Å². The molecule has 0 aromatic heterocycles. The van der Waals surface area contributed by atoms with E-state index < -0.39 is 0 Å². The highest BCUT2D eigenvalue weighted by Crippen LogP contribution is 2.29. The summed E-state index contributed by atoms with van der Waals surface area (Å²) in [5.74, 6) is -0.700. The van der Waals surface area contributed by atoms with Crippen LogP contribution in [0.5, 0.6) is 0 Å². The van der Waals surface area contributed by atoms with E-state index in [1.807, 2.05) is 19.2 Å². The third-order valence-corrected chi connectivity index (χ3v) is 6.17. The van der Waals surface area contributed by atoms with Crippen LogP contribution in [-0.4, -0.2) is 90.8 Å². The molecule has 0 radical (unpaired) electrons. The molecule has 6 nitrogen and oxygen atoms in total. The van der Waals surface area contributed by atoms with Crippen molar-refractivity contribution < 1.29 is 9.59 Å². The van der Waals surface area contributed by atoms with Crippen LogP contribution in [0.15, 0.2) is 60.7 Å². The quantitative estimate of drug-likeness (QED) is 0.728. The van der Waals surface area contributed by atoms with Gasteiger partial charge in [-0.3, -0.25) is 14.5 Å². The summed E-state index contributed by atoms with van der Waals surface area (Å²) in [6.45, 7) is 5.55. The summed E-state index contributed by atoms with van der Waals surface area (Å²) in [6.07, 6.45) is 0. The fourth-order valence-electron chi connectivity index (χ4n) is 4.35. The van der Waals surface area contributed by atoms with Gasteiger partial charge in [0.25, 0.3) is 0 Å². The van der Waals surface area contributed by atoms with Crippen molar-refractivity contribution in [3.8, 4) is 0 Å². The van der Waals surface area contributed by atoms with Gasteiger partial charge in [-0.15, -0.1) is 0 Å². The lowest BCUT2D eigenvalue weighted by atomic mass is 9.96. The van der Waals surface area contributed by atoms with E-state index in [1.165, 1.54) is 11.1 Å². The fraction of sp³-hybridized carbons (Fsp3) is 0.417. The monoisotopic (exact) mass is 406 g/mol. The Bertz CT molecular complexity index is 803. The normalized spacial score (nSPS) is 18.6. The SMILES string of the molecule is CN1CCN(C(=O)C(=O)N2CCN(C(c3ccccc3)c3ccccc3)CC2)CC1. The predicted molar refractivity (Wildman–Crippen MR) is 117 cm³/mol. The van der Waals surface area contributed by atoms with Gasteiger partial charge in [-0.2, -0.15) is 0 Å². The number of nitrogens with zero attached hydrogens (tertiary/aromatic N) is 4. The van der Waals surface area contributed by atoms with Crippen molar-refractivity contribution in [1.82, 2.24) is 19.6 Å². The van der Waals surface area contributed by atoms with Crippen LogP contribution in [0.25, 0.3) is 0 Å². The largest absolute Gasteiger partial charge is 0.332 e. The summed E-state index contributed by atoms with van der Waals surface area (Å²) in [6, 6.07) is 21.1. The van der Waals surface area contributed by atoms with Gasteiger partial charge in [-0.05, 0) is 18.2 Å². The molecule has 2 fully saturated rings. The standard InChI is InChI=1S/C24H30N4O2/c1-25-12-14-27(15-13-25)23(29)24(30)28-18-16-26(17-19-28)22(20-8-4-2-5-9-20)21-10-6-3-7-11-21/h2-11,22H,12-19H2,1H3. The van der Waals surface area contributed by atoms with E-state index in [1.54, 1.807) is 9.80 Å². The highest BCUT2D eigenvalue weighted by Gasteiger charge is 2.33. The topological polar surface area (TPSA) is 47.1 Å². The van der Waals surface area contributed by atoms with Crippen molar-refractivity contribution in [3.63, 3.8) is 0 Å². The van der Waals surface area contributed by atoms with Crippen LogP contribution < -0.4 is 0 Å². The molecule has 0 unspecified atom stereocenters. The van der Waals surface area contributed by atoms with Gasteiger partial charge in [0.1, 0.15) is 0 Å². The number of rotatable bonds is 3. The van der Waals surface area contributed by atoms with Crippen molar-refractivity contribution in [3.05, 3.63) is 71.8 Å². The van der Waals surface area contributed by atoms with Crippen LogP contribution in [0.4, 0.5) is 0 Å². The molecule has 0 spiro atoms. The number of carbonyl (C=O) groups is 2. The number of likely N-dealkylation sites (N-methyl/N-ethyl adjacent to an activating group) is 1. The van der Waals surface area contributed by atoms with Crippen LogP contribution in [0.1, 0.15) is 17.2 Å². The summed E-state index contributed by atoms with van der Waals surface area (Å²) in [4.78, 5) is 33.5. The minimum Gasteiger partial charge on any atom is -0.332 e. The van der Waals surface area contributed by atoms with Crippen LogP contribution >= 0.6 is 0 Å². The predicted octanol–water partition coefficient (Wildman–Crippen LogP) is 1.69. The number of carbonyl (C=O) groups excluding carboxylic acids is 2. The Morgan fingerprint density at radius 1 is 0.633 bits per heavy atom. The molecule has 0 N–H and O–H groups in total. The first-order chi connectivity index (χ1) is 14.6. The average Bonchev–Trinajstić information content (AvgIpc) is 2.81. The first-order valence-corrected chi connectivity index (χ1v) is 10.7. The molecule has 2 aromatic rings. The van der Waals surface area contributed by atoms with Gasteiger partial charge in [0, 0.05) is 52.4 Å². The molecule has 2 aromatic carbocycles.